The van der Waals surface area contributed by atoms with E-state index in [2.05, 4.69) is 15.2 Å². The van der Waals surface area contributed by atoms with E-state index in [4.69, 9.17) is 25.3 Å². The van der Waals surface area contributed by atoms with E-state index in [9.17, 15) is 13.2 Å². The fraction of sp³-hybridized carbons (Fsp3) is 0.346. The number of aromatic amines is 1. The molecule has 11 nitrogen and oxygen atoms in total. The highest BCUT2D eigenvalue weighted by Gasteiger charge is 2.34. The van der Waals surface area contributed by atoms with Crippen LogP contribution in [-0.2, 0) is 23.1 Å². The smallest absolute Gasteiger partial charge is 0.307 e. The molecule has 0 amide bonds. The van der Waals surface area contributed by atoms with Gasteiger partial charge in [0.2, 0.25) is 11.8 Å². The predicted molar refractivity (Wildman–Crippen MR) is 146 cm³/mol. The molecule has 0 radical (unpaired) electrons. The number of fused-ring (bicyclic) bond motifs is 2. The number of H-pyrrole nitrogens is 1. The largest absolute Gasteiger partial charge is 0.493 e. The molecule has 4 heterocycles. The van der Waals surface area contributed by atoms with E-state index >= 15 is 0 Å². The number of ether oxygens (including phenoxy) is 2. The van der Waals surface area contributed by atoms with Gasteiger partial charge < -0.3 is 23.1 Å². The lowest BCUT2D eigenvalue weighted by atomic mass is 9.89. The molecule has 0 saturated heterocycles. The van der Waals surface area contributed by atoms with Gasteiger partial charge in [0.05, 0.1) is 54.4 Å². The summed E-state index contributed by atoms with van der Waals surface area (Å²) in [6.45, 7) is 1.05. The molecule has 1 N–H and O–H groups in total. The molecule has 1 atom stereocenters. The number of hydrogen-bond donors (Lipinski definition) is 1. The van der Waals surface area contributed by atoms with E-state index in [-0.39, 0.29) is 23.8 Å². The summed E-state index contributed by atoms with van der Waals surface area (Å²) >= 11 is 6.18. The maximum Gasteiger partial charge on any atom is 0.307 e. The lowest BCUT2D eigenvalue weighted by molar-refractivity contribution is 0.0855. The molecule has 13 heteroatoms. The van der Waals surface area contributed by atoms with Crippen molar-refractivity contribution in [3.8, 4) is 28.8 Å². The normalized spacial score (nSPS) is 15.3. The average molecular weight is 574 g/mol. The third-order valence-electron chi connectivity index (χ3n) is 6.53. The van der Waals surface area contributed by atoms with Gasteiger partial charge in [-0.15, -0.1) is 0 Å². The lowest BCUT2D eigenvalue weighted by Crippen LogP contribution is -2.29. The van der Waals surface area contributed by atoms with Crippen molar-refractivity contribution in [1.29, 1.82) is 0 Å². The highest BCUT2D eigenvalue weighted by Crippen LogP contribution is 2.39. The van der Waals surface area contributed by atoms with Crippen LogP contribution in [0.2, 0.25) is 5.02 Å². The van der Waals surface area contributed by atoms with E-state index in [1.165, 1.54) is 7.11 Å². The number of pyridine rings is 1. The van der Waals surface area contributed by atoms with Crippen LogP contribution in [0.15, 0.2) is 36.7 Å². The Morgan fingerprint density at radius 3 is 2.79 bits per heavy atom. The zero-order chi connectivity index (χ0) is 27.9. The summed E-state index contributed by atoms with van der Waals surface area (Å²) in [6.07, 6.45) is 4.48. The first kappa shape index (κ1) is 27.0. The van der Waals surface area contributed by atoms with Crippen molar-refractivity contribution < 1.29 is 26.9 Å². The number of aromatic nitrogens is 4. The molecule has 1 aliphatic rings. The third-order valence-corrected chi connectivity index (χ3v) is 7.23. The predicted octanol–water partition coefficient (Wildman–Crippen LogP) is 3.42. The van der Waals surface area contributed by atoms with Crippen LogP contribution in [0.1, 0.15) is 15.9 Å². The van der Waals surface area contributed by atoms with Gasteiger partial charge in [0.25, 0.3) is 0 Å². The quantitative estimate of drug-likeness (QED) is 0.236. The Bertz CT molecular complexity index is 1660. The Morgan fingerprint density at radius 1 is 1.28 bits per heavy atom. The van der Waals surface area contributed by atoms with Crippen LogP contribution in [-0.4, -0.2) is 79.5 Å². The molecule has 39 heavy (non-hydrogen) atoms. The Hall–Kier alpha value is -3.61. The number of likely N-dealkylation sites (N-methyl/N-ethyl adjacent to an activating group) is 1. The number of Topliss-reactive ketones (excluding diaryl/α,β-unsaturated/α-hetero) is 1. The van der Waals surface area contributed by atoms with Crippen LogP contribution in [0.4, 0.5) is 0 Å². The van der Waals surface area contributed by atoms with Crippen molar-refractivity contribution in [3.63, 3.8) is 0 Å². The molecule has 1 aliphatic heterocycles. The van der Waals surface area contributed by atoms with Gasteiger partial charge in [-0.25, -0.2) is 5.10 Å². The van der Waals surface area contributed by atoms with Gasteiger partial charge in [0, 0.05) is 29.7 Å². The fourth-order valence-corrected chi connectivity index (χ4v) is 5.36. The first-order chi connectivity index (χ1) is 18.6. The Morgan fingerprint density at radius 2 is 2.08 bits per heavy atom. The number of nitrogens with zero attached hydrogens (tertiary/aromatic N) is 4. The summed E-state index contributed by atoms with van der Waals surface area (Å²) in [4.78, 5) is 20.6. The van der Waals surface area contributed by atoms with Crippen molar-refractivity contribution in [2.24, 2.45) is 5.92 Å². The summed E-state index contributed by atoms with van der Waals surface area (Å²) in [6, 6.07) is 7.06. The van der Waals surface area contributed by atoms with Crippen LogP contribution < -0.4 is 13.7 Å². The first-order valence-electron chi connectivity index (χ1n) is 12.1. The van der Waals surface area contributed by atoms with Crippen LogP contribution in [0, 0.1) is 5.92 Å². The van der Waals surface area contributed by atoms with Crippen molar-refractivity contribution >= 4 is 38.4 Å². The highest BCUT2D eigenvalue weighted by molar-refractivity contribution is 7.86. The summed E-state index contributed by atoms with van der Waals surface area (Å²) < 4.78 is 43.3. The Balaban J connectivity index is 1.68. The number of ketones is 1. The summed E-state index contributed by atoms with van der Waals surface area (Å²) in [7, 11) is 1.34. The summed E-state index contributed by atoms with van der Waals surface area (Å²) in [5.74, 6) is 0.163. The van der Waals surface area contributed by atoms with Crippen LogP contribution in [0.5, 0.6) is 17.5 Å². The highest BCUT2D eigenvalue weighted by atomic mass is 35.5. The molecule has 3 aromatic heterocycles. The minimum Gasteiger partial charge on any atom is -0.493 e. The van der Waals surface area contributed by atoms with Crippen molar-refractivity contribution in [1.82, 2.24) is 24.6 Å². The van der Waals surface area contributed by atoms with E-state index < -0.39 is 16.0 Å². The molecule has 0 fully saturated rings. The first-order valence-corrected chi connectivity index (χ1v) is 14.3. The molecular formula is C26H28ClN5O6S. The van der Waals surface area contributed by atoms with Gasteiger partial charge in [0.1, 0.15) is 5.75 Å². The van der Waals surface area contributed by atoms with E-state index in [1.807, 2.05) is 19.0 Å². The van der Waals surface area contributed by atoms with Gasteiger partial charge in [-0.05, 0) is 50.3 Å². The van der Waals surface area contributed by atoms with Crippen molar-refractivity contribution in [2.75, 3.05) is 40.6 Å². The molecule has 1 unspecified atom stereocenters. The molecule has 206 valence electrons. The SMILES string of the molecule is COc1[nH]ncc1-c1cc2c(cn1)c(C(=O)C1COc3ccc(Cl)cc3C1)c(OS(C)(=O)=O)n2CCN(C)C. The number of hydrogen-bond acceptors (Lipinski definition) is 9. The van der Waals surface area contributed by atoms with E-state index in [0.717, 1.165) is 11.8 Å². The standard InChI is InChI=1S/C26H28ClN5O6S/c1-31(2)7-8-32-21-11-20(18-13-29-30-25(18)36-3)28-12-19(21)23(26(32)38-39(4,34)35)24(33)16-9-15-10-17(27)5-6-22(15)37-14-16/h5-6,10-13,16H,7-9,14H2,1-4H3,(H,29,30). The van der Waals surface area contributed by atoms with Gasteiger partial charge in [-0.3, -0.25) is 9.78 Å². The minimum absolute atomic E-state index is 0.0469. The minimum atomic E-state index is -3.98. The second kappa shape index (κ2) is 10.5. The molecule has 0 bridgehead atoms. The van der Waals surface area contributed by atoms with Gasteiger partial charge in [0.15, 0.2) is 5.78 Å². The second-order valence-corrected chi connectivity index (χ2v) is 11.7. The van der Waals surface area contributed by atoms with Crippen molar-refractivity contribution in [2.45, 2.75) is 13.0 Å². The monoisotopic (exact) mass is 573 g/mol. The Labute approximate surface area is 230 Å². The molecule has 0 aliphatic carbocycles. The van der Waals surface area contributed by atoms with Gasteiger partial charge >= 0.3 is 10.1 Å². The van der Waals surface area contributed by atoms with E-state index in [0.29, 0.717) is 58.3 Å². The number of carbonyl (C=O) groups excluding carboxylic acids is 1. The number of halogens is 1. The molecule has 1 aromatic carbocycles. The third kappa shape index (κ3) is 5.45. The van der Waals surface area contributed by atoms with Gasteiger partial charge in [-0.1, -0.05) is 11.6 Å². The Kier molecular flexibility index (Phi) is 7.27. The number of rotatable bonds is 9. The zero-order valence-corrected chi connectivity index (χ0v) is 23.5. The number of benzene rings is 1. The van der Waals surface area contributed by atoms with Gasteiger partial charge in [-0.2, -0.15) is 13.5 Å². The molecular weight excluding hydrogens is 546 g/mol. The molecule has 5 rings (SSSR count). The number of nitrogens with one attached hydrogen (secondary N) is 1. The maximum atomic E-state index is 14.1. The maximum absolute atomic E-state index is 14.1. The summed E-state index contributed by atoms with van der Waals surface area (Å²) in [5.41, 5.74) is 2.69. The van der Waals surface area contributed by atoms with Crippen LogP contribution in [0.25, 0.3) is 22.2 Å². The summed E-state index contributed by atoms with van der Waals surface area (Å²) in [5, 5.41) is 7.81. The van der Waals surface area contributed by atoms with Crippen molar-refractivity contribution in [3.05, 3.63) is 52.8 Å². The average Bonchev–Trinajstić information content (AvgIpc) is 3.47. The van der Waals surface area contributed by atoms with E-state index in [1.54, 1.807) is 41.2 Å². The fourth-order valence-electron chi connectivity index (χ4n) is 4.71. The zero-order valence-electron chi connectivity index (χ0n) is 21.9. The van der Waals surface area contributed by atoms with Crippen LogP contribution >= 0.6 is 11.6 Å². The number of methoxy groups -OCH3 is 1. The lowest BCUT2D eigenvalue weighted by Gasteiger charge is -2.24. The van der Waals surface area contributed by atoms with Crippen LogP contribution in [0.3, 0.4) is 0 Å². The molecule has 4 aromatic rings. The number of carbonyl (C=O) groups is 1. The molecule has 0 saturated carbocycles. The molecule has 0 spiro atoms. The second-order valence-electron chi connectivity index (χ2n) is 9.65. The topological polar surface area (TPSA) is 129 Å².